The maximum Gasteiger partial charge on any atom is 0.411 e. The standard InChI is InChI=1S/C13H17ClF3NO/c1-3-18-12(7-19-8-13(15,16)17)10-5-4-9(2)11(14)6-10/h4-6,12,18H,3,7-8H2,1-2H3. The fourth-order valence-corrected chi connectivity index (χ4v) is 1.83. The minimum absolute atomic E-state index is 0.0489. The summed E-state index contributed by atoms with van der Waals surface area (Å²) in [6, 6.07) is 5.13. The smallest absolute Gasteiger partial charge is 0.370 e. The normalized spacial score (nSPS) is 13.6. The maximum atomic E-state index is 12.0. The Hall–Kier alpha value is -0.780. The number of rotatable bonds is 6. The van der Waals surface area contributed by atoms with Crippen LogP contribution in [0, 0.1) is 6.92 Å². The van der Waals surface area contributed by atoms with Crippen LogP contribution >= 0.6 is 11.6 Å². The van der Waals surface area contributed by atoms with Gasteiger partial charge in [0.1, 0.15) is 6.61 Å². The molecule has 0 fully saturated rings. The van der Waals surface area contributed by atoms with Crippen LogP contribution in [-0.4, -0.2) is 25.9 Å². The highest BCUT2D eigenvalue weighted by Crippen LogP contribution is 2.22. The average Bonchev–Trinajstić information content (AvgIpc) is 2.30. The molecule has 0 saturated carbocycles. The van der Waals surface area contributed by atoms with Gasteiger partial charge in [-0.2, -0.15) is 13.2 Å². The third-order valence-corrected chi connectivity index (χ3v) is 3.01. The summed E-state index contributed by atoms with van der Waals surface area (Å²) in [6.07, 6.45) is -4.30. The molecule has 1 N–H and O–H groups in total. The van der Waals surface area contributed by atoms with E-state index < -0.39 is 12.8 Å². The Labute approximate surface area is 115 Å². The first-order valence-corrected chi connectivity index (χ1v) is 6.35. The zero-order valence-corrected chi connectivity index (χ0v) is 11.6. The highest BCUT2D eigenvalue weighted by Gasteiger charge is 2.28. The number of alkyl halides is 3. The third-order valence-electron chi connectivity index (χ3n) is 2.60. The van der Waals surface area contributed by atoms with Gasteiger partial charge in [-0.3, -0.25) is 0 Å². The molecule has 1 aromatic carbocycles. The summed E-state index contributed by atoms with van der Waals surface area (Å²) < 4.78 is 40.8. The minimum Gasteiger partial charge on any atom is -0.370 e. The quantitative estimate of drug-likeness (QED) is 0.860. The van der Waals surface area contributed by atoms with Crippen molar-refractivity contribution >= 4 is 11.6 Å². The molecule has 1 rings (SSSR count). The molecule has 1 unspecified atom stereocenters. The number of benzene rings is 1. The van der Waals surface area contributed by atoms with E-state index in [1.54, 1.807) is 6.07 Å². The summed E-state index contributed by atoms with van der Waals surface area (Å²) in [4.78, 5) is 0. The zero-order chi connectivity index (χ0) is 14.5. The van der Waals surface area contributed by atoms with Gasteiger partial charge in [0.2, 0.25) is 0 Å². The van der Waals surface area contributed by atoms with E-state index in [9.17, 15) is 13.2 Å². The van der Waals surface area contributed by atoms with E-state index in [0.717, 1.165) is 11.1 Å². The molecule has 108 valence electrons. The van der Waals surface area contributed by atoms with Crippen molar-refractivity contribution in [2.24, 2.45) is 0 Å². The second kappa shape index (κ2) is 7.12. The van der Waals surface area contributed by atoms with Gasteiger partial charge in [0.05, 0.1) is 12.6 Å². The highest BCUT2D eigenvalue weighted by molar-refractivity contribution is 6.31. The SMILES string of the molecule is CCNC(COCC(F)(F)F)c1ccc(C)c(Cl)c1. The van der Waals surface area contributed by atoms with E-state index in [0.29, 0.717) is 11.6 Å². The van der Waals surface area contributed by atoms with Gasteiger partial charge in [-0.15, -0.1) is 0 Å². The van der Waals surface area contributed by atoms with Crippen LogP contribution in [0.3, 0.4) is 0 Å². The van der Waals surface area contributed by atoms with Gasteiger partial charge >= 0.3 is 6.18 Å². The second-order valence-corrected chi connectivity index (χ2v) is 4.66. The average molecular weight is 296 g/mol. The number of likely N-dealkylation sites (N-methyl/N-ethyl adjacent to an activating group) is 1. The summed E-state index contributed by atoms with van der Waals surface area (Å²) in [5.74, 6) is 0. The number of hydrogen-bond acceptors (Lipinski definition) is 2. The number of halogens is 4. The summed E-state index contributed by atoms with van der Waals surface area (Å²) in [7, 11) is 0. The first-order chi connectivity index (χ1) is 8.83. The van der Waals surface area contributed by atoms with Crippen LogP contribution in [0.15, 0.2) is 18.2 Å². The van der Waals surface area contributed by atoms with Crippen LogP contribution in [-0.2, 0) is 4.74 Å². The van der Waals surface area contributed by atoms with Gasteiger partial charge in [0.15, 0.2) is 0 Å². The van der Waals surface area contributed by atoms with E-state index in [1.165, 1.54) is 0 Å². The van der Waals surface area contributed by atoms with Gasteiger partial charge in [-0.1, -0.05) is 30.7 Å². The Balaban J connectivity index is 2.68. The lowest BCUT2D eigenvalue weighted by molar-refractivity contribution is -0.175. The van der Waals surface area contributed by atoms with Crippen molar-refractivity contribution in [1.82, 2.24) is 5.32 Å². The van der Waals surface area contributed by atoms with Crippen LogP contribution < -0.4 is 5.32 Å². The zero-order valence-electron chi connectivity index (χ0n) is 10.9. The molecule has 0 bridgehead atoms. The van der Waals surface area contributed by atoms with Crippen molar-refractivity contribution in [3.63, 3.8) is 0 Å². The van der Waals surface area contributed by atoms with E-state index >= 15 is 0 Å². The van der Waals surface area contributed by atoms with Crippen LogP contribution in [0.25, 0.3) is 0 Å². The highest BCUT2D eigenvalue weighted by atomic mass is 35.5. The van der Waals surface area contributed by atoms with E-state index in [2.05, 4.69) is 5.32 Å². The fraction of sp³-hybridized carbons (Fsp3) is 0.538. The molecular weight excluding hydrogens is 279 g/mol. The third kappa shape index (κ3) is 5.80. The van der Waals surface area contributed by atoms with E-state index in [4.69, 9.17) is 16.3 Å². The van der Waals surface area contributed by atoms with Crippen molar-refractivity contribution in [3.8, 4) is 0 Å². The van der Waals surface area contributed by atoms with Crippen LogP contribution in [0.5, 0.6) is 0 Å². The molecule has 2 nitrogen and oxygen atoms in total. The predicted molar refractivity (Wildman–Crippen MR) is 69.5 cm³/mol. The molecule has 0 saturated heterocycles. The van der Waals surface area contributed by atoms with Crippen molar-refractivity contribution in [2.45, 2.75) is 26.1 Å². The maximum absolute atomic E-state index is 12.0. The van der Waals surface area contributed by atoms with Gasteiger partial charge in [0, 0.05) is 5.02 Å². The van der Waals surface area contributed by atoms with E-state index in [-0.39, 0.29) is 12.6 Å². The monoisotopic (exact) mass is 295 g/mol. The fourth-order valence-electron chi connectivity index (χ4n) is 1.64. The first kappa shape index (κ1) is 16.3. The molecule has 0 aromatic heterocycles. The van der Waals surface area contributed by atoms with Gasteiger partial charge in [0.25, 0.3) is 0 Å². The summed E-state index contributed by atoms with van der Waals surface area (Å²) in [6.45, 7) is 3.09. The number of nitrogens with one attached hydrogen (secondary N) is 1. The number of aryl methyl sites for hydroxylation is 1. The molecular formula is C13H17ClF3NO. The Morgan fingerprint density at radius 1 is 1.37 bits per heavy atom. The molecule has 1 aromatic rings. The van der Waals surface area contributed by atoms with Gasteiger partial charge in [-0.25, -0.2) is 0 Å². The van der Waals surface area contributed by atoms with Crippen LogP contribution in [0.2, 0.25) is 5.02 Å². The Morgan fingerprint density at radius 3 is 2.58 bits per heavy atom. The van der Waals surface area contributed by atoms with Crippen LogP contribution in [0.4, 0.5) is 13.2 Å². The summed E-state index contributed by atoms with van der Waals surface area (Å²) in [5, 5.41) is 3.67. The number of ether oxygens (including phenoxy) is 1. The first-order valence-electron chi connectivity index (χ1n) is 5.97. The Bertz CT molecular complexity index is 409. The molecule has 1 atom stereocenters. The lowest BCUT2D eigenvalue weighted by Crippen LogP contribution is -2.28. The van der Waals surface area contributed by atoms with Gasteiger partial charge < -0.3 is 10.1 Å². The molecule has 0 spiro atoms. The number of hydrogen-bond donors (Lipinski definition) is 1. The summed E-state index contributed by atoms with van der Waals surface area (Å²) >= 11 is 6.02. The van der Waals surface area contributed by atoms with Gasteiger partial charge in [-0.05, 0) is 30.7 Å². The van der Waals surface area contributed by atoms with Crippen molar-refractivity contribution in [2.75, 3.05) is 19.8 Å². The largest absolute Gasteiger partial charge is 0.411 e. The Kier molecular flexibility index (Phi) is 6.10. The van der Waals surface area contributed by atoms with Crippen molar-refractivity contribution in [1.29, 1.82) is 0 Å². The lowest BCUT2D eigenvalue weighted by atomic mass is 10.1. The molecule has 0 aliphatic carbocycles. The van der Waals surface area contributed by atoms with Crippen LogP contribution in [0.1, 0.15) is 24.1 Å². The molecule has 0 amide bonds. The molecule has 0 heterocycles. The topological polar surface area (TPSA) is 21.3 Å². The van der Waals surface area contributed by atoms with Crippen molar-refractivity contribution in [3.05, 3.63) is 34.3 Å². The molecule has 0 radical (unpaired) electrons. The van der Waals surface area contributed by atoms with Crippen molar-refractivity contribution < 1.29 is 17.9 Å². The molecule has 0 aliphatic heterocycles. The minimum atomic E-state index is -4.30. The predicted octanol–water partition coefficient (Wildman–Crippen LogP) is 3.88. The lowest BCUT2D eigenvalue weighted by Gasteiger charge is -2.19. The second-order valence-electron chi connectivity index (χ2n) is 4.25. The molecule has 19 heavy (non-hydrogen) atoms. The summed E-state index contributed by atoms with van der Waals surface area (Å²) in [5.41, 5.74) is 1.75. The Morgan fingerprint density at radius 2 is 2.05 bits per heavy atom. The molecule has 0 aliphatic rings. The van der Waals surface area contributed by atoms with E-state index in [1.807, 2.05) is 26.0 Å². The molecule has 6 heteroatoms.